The van der Waals surface area contributed by atoms with E-state index in [1.165, 1.54) is 4.31 Å². The summed E-state index contributed by atoms with van der Waals surface area (Å²) in [4.78, 5) is 0.286. The fourth-order valence-corrected chi connectivity index (χ4v) is 4.00. The minimum atomic E-state index is -3.47. The van der Waals surface area contributed by atoms with Crippen molar-refractivity contribution in [2.24, 2.45) is 11.7 Å². The molecule has 1 heterocycles. The Balaban J connectivity index is 2.25. The first-order valence-electron chi connectivity index (χ1n) is 6.48. The van der Waals surface area contributed by atoms with E-state index >= 15 is 0 Å². The molecule has 1 atom stereocenters. The van der Waals surface area contributed by atoms with E-state index in [1.54, 1.807) is 18.2 Å². The highest BCUT2D eigenvalue weighted by Crippen LogP contribution is 2.23. The van der Waals surface area contributed by atoms with Crippen molar-refractivity contribution in [3.63, 3.8) is 0 Å². The van der Waals surface area contributed by atoms with Crippen LogP contribution in [0.2, 0.25) is 0 Å². The van der Waals surface area contributed by atoms with Gasteiger partial charge in [-0.2, -0.15) is 4.31 Å². The average molecular weight is 284 g/mol. The Bertz CT molecular complexity index is 530. The molecule has 0 bridgehead atoms. The Labute approximate surface area is 114 Å². The highest BCUT2D eigenvalue weighted by Gasteiger charge is 2.29. The van der Waals surface area contributed by atoms with Gasteiger partial charge in [-0.15, -0.1) is 0 Å². The van der Waals surface area contributed by atoms with E-state index in [9.17, 15) is 13.5 Å². The molecule has 1 unspecified atom stereocenters. The number of hydrogen-bond acceptors (Lipinski definition) is 4. The monoisotopic (exact) mass is 284 g/mol. The van der Waals surface area contributed by atoms with E-state index in [0.29, 0.717) is 19.6 Å². The number of benzene rings is 1. The number of nitrogens with zero attached hydrogens (tertiary/aromatic N) is 1. The van der Waals surface area contributed by atoms with Crippen LogP contribution < -0.4 is 5.73 Å². The lowest BCUT2D eigenvalue weighted by molar-refractivity contribution is 0.165. The van der Waals surface area contributed by atoms with Crippen LogP contribution in [0.15, 0.2) is 29.2 Å². The van der Waals surface area contributed by atoms with Crippen LogP contribution >= 0.6 is 0 Å². The third-order valence-corrected chi connectivity index (χ3v) is 5.37. The lowest BCUT2D eigenvalue weighted by atomic mass is 10.0. The number of sulfonamides is 1. The molecule has 1 aliphatic rings. The van der Waals surface area contributed by atoms with Gasteiger partial charge in [-0.1, -0.05) is 12.1 Å². The Morgan fingerprint density at radius 3 is 2.89 bits per heavy atom. The van der Waals surface area contributed by atoms with Crippen LogP contribution in [0.1, 0.15) is 18.4 Å². The smallest absolute Gasteiger partial charge is 0.243 e. The van der Waals surface area contributed by atoms with Crippen LogP contribution in [0.3, 0.4) is 0 Å². The van der Waals surface area contributed by atoms with Gasteiger partial charge in [-0.05, 0) is 36.5 Å². The highest BCUT2D eigenvalue weighted by molar-refractivity contribution is 7.89. The molecule has 1 fully saturated rings. The molecule has 0 spiro atoms. The number of aliphatic hydroxyl groups is 1. The summed E-state index contributed by atoms with van der Waals surface area (Å²) in [6.07, 6.45) is 1.67. The summed E-state index contributed by atoms with van der Waals surface area (Å²) >= 11 is 0. The van der Waals surface area contributed by atoms with Gasteiger partial charge in [0.1, 0.15) is 0 Å². The van der Waals surface area contributed by atoms with E-state index in [2.05, 4.69) is 0 Å². The fraction of sp³-hybridized carbons (Fsp3) is 0.538. The zero-order valence-corrected chi connectivity index (χ0v) is 11.6. The van der Waals surface area contributed by atoms with Gasteiger partial charge in [0.2, 0.25) is 10.0 Å². The molecule has 3 N–H and O–H groups in total. The standard InChI is InChI=1S/C13H20N2O3S/c14-8-11-3-1-5-13(7-11)19(17,18)15-6-2-4-12(9-15)10-16/h1,3,5,7,12,16H,2,4,6,8-10,14H2. The first kappa shape index (κ1) is 14.5. The van der Waals surface area contributed by atoms with Crippen LogP contribution in [0.4, 0.5) is 0 Å². The second-order valence-electron chi connectivity index (χ2n) is 4.91. The molecule has 0 radical (unpaired) electrons. The normalized spacial score (nSPS) is 21.5. The van der Waals surface area contributed by atoms with Crippen molar-refractivity contribution in [3.05, 3.63) is 29.8 Å². The lowest BCUT2D eigenvalue weighted by Gasteiger charge is -2.31. The molecule has 1 aliphatic heterocycles. The maximum atomic E-state index is 12.5. The maximum Gasteiger partial charge on any atom is 0.243 e. The van der Waals surface area contributed by atoms with Crippen molar-refractivity contribution in [3.8, 4) is 0 Å². The molecular weight excluding hydrogens is 264 g/mol. The molecule has 1 saturated heterocycles. The molecule has 5 nitrogen and oxygen atoms in total. The average Bonchev–Trinajstić information content (AvgIpc) is 2.47. The van der Waals surface area contributed by atoms with Crippen LogP contribution in [0.5, 0.6) is 0 Å². The minimum Gasteiger partial charge on any atom is -0.396 e. The van der Waals surface area contributed by atoms with E-state index < -0.39 is 10.0 Å². The van der Waals surface area contributed by atoms with Gasteiger partial charge in [-0.3, -0.25) is 0 Å². The van der Waals surface area contributed by atoms with Crippen LogP contribution in [0.25, 0.3) is 0 Å². The number of rotatable bonds is 4. The molecule has 1 aromatic rings. The number of hydrogen-bond donors (Lipinski definition) is 2. The van der Waals surface area contributed by atoms with Crippen LogP contribution in [-0.4, -0.2) is 37.5 Å². The predicted octanol–water partition coefficient (Wildman–Crippen LogP) is 0.538. The summed E-state index contributed by atoms with van der Waals surface area (Å²) in [7, 11) is -3.47. The summed E-state index contributed by atoms with van der Waals surface area (Å²) in [6.45, 7) is 1.27. The molecule has 1 aromatic carbocycles. The van der Waals surface area contributed by atoms with Crippen LogP contribution in [-0.2, 0) is 16.6 Å². The zero-order chi connectivity index (χ0) is 13.9. The number of piperidine rings is 1. The molecule has 19 heavy (non-hydrogen) atoms. The van der Waals surface area contributed by atoms with Crippen molar-refractivity contribution in [2.45, 2.75) is 24.3 Å². The zero-order valence-electron chi connectivity index (χ0n) is 10.8. The van der Waals surface area contributed by atoms with E-state index in [0.717, 1.165) is 18.4 Å². The first-order valence-corrected chi connectivity index (χ1v) is 7.92. The summed E-state index contributed by atoms with van der Waals surface area (Å²) in [5.74, 6) is 0.0428. The molecule has 0 amide bonds. The van der Waals surface area contributed by atoms with E-state index in [-0.39, 0.29) is 17.4 Å². The Morgan fingerprint density at radius 2 is 2.21 bits per heavy atom. The fourth-order valence-electron chi connectivity index (χ4n) is 2.38. The Morgan fingerprint density at radius 1 is 1.42 bits per heavy atom. The number of aliphatic hydroxyl groups excluding tert-OH is 1. The topological polar surface area (TPSA) is 83.6 Å². The SMILES string of the molecule is NCc1cccc(S(=O)(=O)N2CCCC(CO)C2)c1. The van der Waals surface area contributed by atoms with Crippen molar-refractivity contribution in [2.75, 3.05) is 19.7 Å². The molecule has 6 heteroatoms. The summed E-state index contributed by atoms with van der Waals surface area (Å²) in [5, 5.41) is 9.19. The van der Waals surface area contributed by atoms with Crippen molar-refractivity contribution >= 4 is 10.0 Å². The van der Waals surface area contributed by atoms with Crippen molar-refractivity contribution < 1.29 is 13.5 Å². The van der Waals surface area contributed by atoms with Gasteiger partial charge in [0.25, 0.3) is 0 Å². The van der Waals surface area contributed by atoms with Gasteiger partial charge < -0.3 is 10.8 Å². The van der Waals surface area contributed by atoms with Gasteiger partial charge in [-0.25, -0.2) is 8.42 Å². The van der Waals surface area contributed by atoms with Gasteiger partial charge in [0.05, 0.1) is 4.90 Å². The van der Waals surface area contributed by atoms with Crippen LogP contribution in [0, 0.1) is 5.92 Å². The number of nitrogens with two attached hydrogens (primary N) is 1. The molecule has 0 aliphatic carbocycles. The quantitative estimate of drug-likeness (QED) is 0.845. The Hall–Kier alpha value is -0.950. The predicted molar refractivity (Wildman–Crippen MR) is 72.9 cm³/mol. The second kappa shape index (κ2) is 6.00. The summed E-state index contributed by atoms with van der Waals surface area (Å²) < 4.78 is 26.5. The summed E-state index contributed by atoms with van der Waals surface area (Å²) in [6, 6.07) is 6.74. The Kier molecular flexibility index (Phi) is 4.57. The van der Waals surface area contributed by atoms with Crippen molar-refractivity contribution in [1.29, 1.82) is 0 Å². The van der Waals surface area contributed by atoms with Gasteiger partial charge >= 0.3 is 0 Å². The van der Waals surface area contributed by atoms with Gasteiger partial charge in [0.15, 0.2) is 0 Å². The first-order chi connectivity index (χ1) is 9.07. The molecule has 2 rings (SSSR count). The second-order valence-corrected chi connectivity index (χ2v) is 6.84. The molecule has 106 valence electrons. The van der Waals surface area contributed by atoms with Gasteiger partial charge in [0, 0.05) is 26.2 Å². The van der Waals surface area contributed by atoms with E-state index in [4.69, 9.17) is 5.73 Å². The third kappa shape index (κ3) is 3.14. The third-order valence-electron chi connectivity index (χ3n) is 3.51. The van der Waals surface area contributed by atoms with E-state index in [1.807, 2.05) is 6.07 Å². The molecule has 0 aromatic heterocycles. The van der Waals surface area contributed by atoms with Crippen molar-refractivity contribution in [1.82, 2.24) is 4.31 Å². The maximum absolute atomic E-state index is 12.5. The molecular formula is C13H20N2O3S. The largest absolute Gasteiger partial charge is 0.396 e. The lowest BCUT2D eigenvalue weighted by Crippen LogP contribution is -2.40. The molecule has 0 saturated carbocycles. The minimum absolute atomic E-state index is 0.0366. The highest BCUT2D eigenvalue weighted by atomic mass is 32.2. The summed E-state index contributed by atoms with van der Waals surface area (Å²) in [5.41, 5.74) is 6.35.